The van der Waals surface area contributed by atoms with Crippen LogP contribution in [0.15, 0.2) is 48.5 Å². The molecule has 0 fully saturated rings. The summed E-state index contributed by atoms with van der Waals surface area (Å²) in [5.41, 5.74) is 8.40. The molecule has 0 radical (unpaired) electrons. The molecule has 0 atom stereocenters. The van der Waals surface area contributed by atoms with Crippen molar-refractivity contribution in [2.45, 2.75) is 66.3 Å². The van der Waals surface area contributed by atoms with Gasteiger partial charge in [0.05, 0.1) is 23.3 Å². The van der Waals surface area contributed by atoms with E-state index in [1.54, 1.807) is 61.7 Å². The molecule has 4 aromatic rings. The average molecular weight is 676 g/mol. The standard InChI is InChI=1S/C34H45N9O6/c1-7-43-28(18-22(2)40-43)30(45)39-31-38-26-20-24(29(35)44)12-13-27(26)42(31)16-9-14-36-32(46)41(6)21-23-10-8-11-25(19-23)48-17-15-37-33(47)49-34(3,4)5/h8,10-13,18-20H,7,9,14-17,21H2,1-6H3,(H2,35,44)(H,36,46)(H,37,47)(H,38,39,45). The Labute approximate surface area is 285 Å². The lowest BCUT2D eigenvalue weighted by atomic mass is 10.2. The van der Waals surface area contributed by atoms with E-state index in [1.807, 2.05) is 42.7 Å². The molecule has 0 bridgehead atoms. The van der Waals surface area contributed by atoms with Gasteiger partial charge in [-0.05, 0) is 83.0 Å². The molecule has 0 saturated carbocycles. The van der Waals surface area contributed by atoms with Gasteiger partial charge in [-0.2, -0.15) is 5.10 Å². The van der Waals surface area contributed by atoms with Gasteiger partial charge in [0, 0.05) is 38.8 Å². The number of nitrogens with zero attached hydrogens (tertiary/aromatic N) is 5. The van der Waals surface area contributed by atoms with Gasteiger partial charge in [0.1, 0.15) is 23.7 Å². The molecule has 0 saturated heterocycles. The molecular formula is C34H45N9O6. The zero-order chi connectivity index (χ0) is 35.7. The highest BCUT2D eigenvalue weighted by molar-refractivity contribution is 6.03. The number of anilines is 1. The van der Waals surface area contributed by atoms with Crippen LogP contribution in [0.2, 0.25) is 0 Å². The molecule has 0 aliphatic heterocycles. The second kappa shape index (κ2) is 16.0. The third kappa shape index (κ3) is 10.2. The number of amides is 5. The molecule has 2 heterocycles. The van der Waals surface area contributed by atoms with Crippen molar-refractivity contribution in [3.63, 3.8) is 0 Å². The normalized spacial score (nSPS) is 11.2. The van der Waals surface area contributed by atoms with E-state index in [-0.39, 0.29) is 25.1 Å². The number of carbonyl (C=O) groups excluding carboxylic acids is 4. The van der Waals surface area contributed by atoms with Gasteiger partial charge in [-0.15, -0.1) is 0 Å². The van der Waals surface area contributed by atoms with Crippen LogP contribution < -0.4 is 26.4 Å². The highest BCUT2D eigenvalue weighted by Crippen LogP contribution is 2.23. The number of hydrogen-bond donors (Lipinski definition) is 4. The Morgan fingerprint density at radius 1 is 1.02 bits per heavy atom. The maximum Gasteiger partial charge on any atom is 0.407 e. The Balaban J connectivity index is 1.32. The minimum atomic E-state index is -0.581. The molecule has 0 aliphatic rings. The monoisotopic (exact) mass is 675 g/mol. The van der Waals surface area contributed by atoms with E-state index in [0.717, 1.165) is 11.3 Å². The second-order valence-electron chi connectivity index (χ2n) is 12.5. The molecule has 5 N–H and O–H groups in total. The van der Waals surface area contributed by atoms with Crippen LogP contribution in [0, 0.1) is 6.92 Å². The predicted octanol–water partition coefficient (Wildman–Crippen LogP) is 4.05. The predicted molar refractivity (Wildman–Crippen MR) is 184 cm³/mol. The molecular weight excluding hydrogens is 630 g/mol. The van der Waals surface area contributed by atoms with Crippen molar-refractivity contribution in [1.82, 2.24) is 34.9 Å². The number of nitrogens with two attached hydrogens (primary N) is 1. The summed E-state index contributed by atoms with van der Waals surface area (Å²) in [5.74, 6) is -0.0293. The van der Waals surface area contributed by atoms with E-state index in [1.165, 1.54) is 0 Å². The van der Waals surface area contributed by atoms with Crippen molar-refractivity contribution in [2.75, 3.05) is 32.1 Å². The first kappa shape index (κ1) is 36.2. The first-order chi connectivity index (χ1) is 23.2. The topological polar surface area (TPSA) is 188 Å². The Hall–Kier alpha value is -5.60. The fraction of sp³-hybridized carbons (Fsp3) is 0.412. The van der Waals surface area contributed by atoms with Gasteiger partial charge in [-0.25, -0.2) is 14.6 Å². The van der Waals surface area contributed by atoms with Crippen molar-refractivity contribution in [3.05, 3.63) is 71.0 Å². The second-order valence-corrected chi connectivity index (χ2v) is 12.5. The van der Waals surface area contributed by atoms with Crippen LogP contribution in [0.25, 0.3) is 11.0 Å². The van der Waals surface area contributed by atoms with E-state index < -0.39 is 17.6 Å². The van der Waals surface area contributed by atoms with Crippen LogP contribution in [-0.4, -0.2) is 80.5 Å². The van der Waals surface area contributed by atoms with Gasteiger partial charge in [0.2, 0.25) is 11.9 Å². The molecule has 0 spiro atoms. The highest BCUT2D eigenvalue weighted by Gasteiger charge is 2.19. The van der Waals surface area contributed by atoms with Crippen LogP contribution in [0.5, 0.6) is 5.75 Å². The number of ether oxygens (including phenoxy) is 2. The molecule has 15 nitrogen and oxygen atoms in total. The van der Waals surface area contributed by atoms with E-state index in [4.69, 9.17) is 15.2 Å². The Bertz CT molecular complexity index is 1810. The van der Waals surface area contributed by atoms with Gasteiger partial charge in [0.15, 0.2) is 0 Å². The Morgan fingerprint density at radius 2 is 1.80 bits per heavy atom. The molecule has 2 aromatic carbocycles. The van der Waals surface area contributed by atoms with Crippen LogP contribution in [0.4, 0.5) is 15.5 Å². The molecule has 262 valence electrons. The zero-order valence-corrected chi connectivity index (χ0v) is 28.8. The number of rotatable bonds is 14. The fourth-order valence-corrected chi connectivity index (χ4v) is 5.02. The molecule has 2 aromatic heterocycles. The summed E-state index contributed by atoms with van der Waals surface area (Å²) in [6, 6.07) is 13.8. The number of alkyl carbamates (subject to hydrolysis) is 1. The van der Waals surface area contributed by atoms with Gasteiger partial charge >= 0.3 is 12.1 Å². The van der Waals surface area contributed by atoms with E-state index >= 15 is 0 Å². The lowest BCUT2D eigenvalue weighted by Gasteiger charge is -2.20. The van der Waals surface area contributed by atoms with Crippen molar-refractivity contribution in [2.24, 2.45) is 5.73 Å². The van der Waals surface area contributed by atoms with Crippen LogP contribution >= 0.6 is 0 Å². The van der Waals surface area contributed by atoms with Crippen molar-refractivity contribution >= 4 is 40.9 Å². The Morgan fingerprint density at radius 3 is 2.51 bits per heavy atom. The lowest BCUT2D eigenvalue weighted by Crippen LogP contribution is -2.37. The molecule has 5 amide bonds. The summed E-state index contributed by atoms with van der Waals surface area (Å²) < 4.78 is 14.4. The summed E-state index contributed by atoms with van der Waals surface area (Å²) in [5, 5.41) is 12.8. The Kier molecular flexibility index (Phi) is 11.8. The van der Waals surface area contributed by atoms with E-state index in [2.05, 4.69) is 26.0 Å². The number of imidazole rings is 1. The highest BCUT2D eigenvalue weighted by atomic mass is 16.6. The smallest absolute Gasteiger partial charge is 0.407 e. The minimum absolute atomic E-state index is 0.256. The van der Waals surface area contributed by atoms with Crippen LogP contribution in [-0.2, 0) is 24.4 Å². The average Bonchev–Trinajstić information content (AvgIpc) is 3.59. The number of urea groups is 1. The summed E-state index contributed by atoms with van der Waals surface area (Å²) in [7, 11) is 1.70. The van der Waals surface area contributed by atoms with Crippen LogP contribution in [0.3, 0.4) is 0 Å². The maximum absolute atomic E-state index is 13.2. The molecule has 49 heavy (non-hydrogen) atoms. The summed E-state index contributed by atoms with van der Waals surface area (Å²) >= 11 is 0. The van der Waals surface area contributed by atoms with E-state index in [9.17, 15) is 19.2 Å². The van der Waals surface area contributed by atoms with E-state index in [0.29, 0.717) is 66.6 Å². The first-order valence-corrected chi connectivity index (χ1v) is 16.1. The summed E-state index contributed by atoms with van der Waals surface area (Å²) in [4.78, 5) is 55.9. The number of hydrogen-bond acceptors (Lipinski definition) is 8. The number of nitrogens with one attached hydrogen (secondary N) is 3. The van der Waals surface area contributed by atoms with Gasteiger partial charge < -0.3 is 35.3 Å². The summed E-state index contributed by atoms with van der Waals surface area (Å²) in [6.45, 7) is 11.3. The number of primary amides is 1. The number of carbonyl (C=O) groups is 4. The minimum Gasteiger partial charge on any atom is -0.492 e. The maximum atomic E-state index is 13.2. The summed E-state index contributed by atoms with van der Waals surface area (Å²) in [6.07, 6.45) is 0.0196. The molecule has 0 aliphatic carbocycles. The third-order valence-corrected chi connectivity index (χ3v) is 7.23. The SMILES string of the molecule is CCn1nc(C)cc1C(=O)Nc1nc2cc(C(N)=O)ccc2n1CCCNC(=O)N(C)Cc1cccc(OCCNC(=O)OC(C)(C)C)c1. The van der Waals surface area contributed by atoms with Gasteiger partial charge in [0.25, 0.3) is 5.91 Å². The quantitative estimate of drug-likeness (QED) is 0.144. The molecule has 4 rings (SSSR count). The number of fused-ring (bicyclic) bond motifs is 1. The van der Waals surface area contributed by atoms with Crippen molar-refractivity contribution < 1.29 is 28.7 Å². The number of aryl methyl sites for hydroxylation is 3. The van der Waals surface area contributed by atoms with Crippen molar-refractivity contribution in [1.29, 1.82) is 0 Å². The molecule has 15 heteroatoms. The first-order valence-electron chi connectivity index (χ1n) is 16.1. The lowest BCUT2D eigenvalue weighted by molar-refractivity contribution is 0.0520. The fourth-order valence-electron chi connectivity index (χ4n) is 5.02. The van der Waals surface area contributed by atoms with Gasteiger partial charge in [-0.1, -0.05) is 12.1 Å². The molecule has 0 unspecified atom stereocenters. The largest absolute Gasteiger partial charge is 0.492 e. The zero-order valence-electron chi connectivity index (χ0n) is 28.8. The third-order valence-electron chi connectivity index (χ3n) is 7.23. The van der Waals surface area contributed by atoms with Crippen molar-refractivity contribution in [3.8, 4) is 5.75 Å². The van der Waals surface area contributed by atoms with Crippen LogP contribution in [0.1, 0.15) is 66.2 Å². The van der Waals surface area contributed by atoms with Gasteiger partial charge in [-0.3, -0.25) is 19.6 Å². The number of benzene rings is 2. The number of aromatic nitrogens is 4.